The first-order valence-corrected chi connectivity index (χ1v) is 8.26. The molecule has 3 aromatic rings. The smallest absolute Gasteiger partial charge is 0.358 e. The minimum Gasteiger partial charge on any atom is -0.476 e. The van der Waals surface area contributed by atoms with Gasteiger partial charge in [0.25, 0.3) is 0 Å². The summed E-state index contributed by atoms with van der Waals surface area (Å²) < 4.78 is 2.44. The van der Waals surface area contributed by atoms with Gasteiger partial charge < -0.3 is 5.11 Å². The lowest BCUT2D eigenvalue weighted by atomic mass is 10.3. The molecule has 0 atom stereocenters. The molecule has 2 aromatic heterocycles. The first-order valence-electron chi connectivity index (χ1n) is 6.49. The molecule has 0 saturated carbocycles. The van der Waals surface area contributed by atoms with Gasteiger partial charge in [0.1, 0.15) is 0 Å². The van der Waals surface area contributed by atoms with Crippen molar-refractivity contribution in [1.82, 2.24) is 25.0 Å². The highest BCUT2D eigenvalue weighted by Crippen LogP contribution is 2.23. The number of benzene rings is 1. The van der Waals surface area contributed by atoms with Gasteiger partial charge in [-0.25, -0.2) is 19.4 Å². The second-order valence-electron chi connectivity index (χ2n) is 4.40. The van der Waals surface area contributed by atoms with Crippen LogP contribution in [0.2, 0.25) is 0 Å². The minimum atomic E-state index is -1.11. The number of halogens is 1. The summed E-state index contributed by atoms with van der Waals surface area (Å²) in [6.07, 6.45) is 3.27. The molecule has 23 heavy (non-hydrogen) atoms. The van der Waals surface area contributed by atoms with Crippen molar-refractivity contribution in [3.05, 3.63) is 58.6 Å². The zero-order chi connectivity index (χ0) is 16.2. The van der Waals surface area contributed by atoms with Crippen LogP contribution in [0.5, 0.6) is 0 Å². The highest BCUT2D eigenvalue weighted by Gasteiger charge is 2.20. The van der Waals surface area contributed by atoms with Crippen LogP contribution in [0.4, 0.5) is 0 Å². The van der Waals surface area contributed by atoms with Crippen LogP contribution in [0.1, 0.15) is 16.2 Å². The van der Waals surface area contributed by atoms with Gasteiger partial charge in [-0.3, -0.25) is 0 Å². The molecule has 0 radical (unpaired) electrons. The van der Waals surface area contributed by atoms with Crippen molar-refractivity contribution >= 4 is 33.7 Å². The molecule has 9 heteroatoms. The number of aromatic carboxylic acids is 1. The molecule has 0 unspecified atom stereocenters. The fourth-order valence-electron chi connectivity index (χ4n) is 1.88. The van der Waals surface area contributed by atoms with E-state index < -0.39 is 5.97 Å². The number of carboxylic acid groups (broad SMARTS) is 1. The molecule has 2 heterocycles. The number of carbonyl (C=O) groups is 1. The fourth-order valence-corrected chi connectivity index (χ4v) is 2.94. The Morgan fingerprint density at radius 1 is 1.22 bits per heavy atom. The molecular formula is C14H10BrN5O2S. The predicted octanol–water partition coefficient (Wildman–Crippen LogP) is 2.81. The summed E-state index contributed by atoms with van der Waals surface area (Å²) in [5.41, 5.74) is 1.14. The van der Waals surface area contributed by atoms with Crippen molar-refractivity contribution < 1.29 is 9.90 Å². The number of thioether (sulfide) groups is 1. The third-order valence-electron chi connectivity index (χ3n) is 2.92. The monoisotopic (exact) mass is 391 g/mol. The average Bonchev–Trinajstić information content (AvgIpc) is 2.99. The molecule has 0 aliphatic rings. The van der Waals surface area contributed by atoms with E-state index in [1.807, 2.05) is 24.3 Å². The molecule has 0 saturated heterocycles. The van der Waals surface area contributed by atoms with Crippen molar-refractivity contribution in [2.24, 2.45) is 0 Å². The normalized spacial score (nSPS) is 10.7. The summed E-state index contributed by atoms with van der Waals surface area (Å²) in [4.78, 5) is 19.6. The van der Waals surface area contributed by atoms with Crippen LogP contribution in [-0.4, -0.2) is 36.0 Å². The molecule has 0 fully saturated rings. The van der Waals surface area contributed by atoms with E-state index in [1.165, 1.54) is 16.4 Å². The summed E-state index contributed by atoms with van der Waals surface area (Å²) in [6.45, 7) is 0. The SMILES string of the molecule is O=C(O)c1nnn(-c2ccc(Br)cc2)c1CSc1ncccn1. The molecule has 0 amide bonds. The van der Waals surface area contributed by atoms with Crippen LogP contribution < -0.4 is 0 Å². The van der Waals surface area contributed by atoms with E-state index in [4.69, 9.17) is 0 Å². The Balaban J connectivity index is 1.94. The molecule has 7 nitrogen and oxygen atoms in total. The van der Waals surface area contributed by atoms with Gasteiger partial charge in [0, 0.05) is 22.6 Å². The first-order chi connectivity index (χ1) is 11.1. The average molecular weight is 392 g/mol. The largest absolute Gasteiger partial charge is 0.476 e. The maximum Gasteiger partial charge on any atom is 0.358 e. The highest BCUT2D eigenvalue weighted by atomic mass is 79.9. The minimum absolute atomic E-state index is 0.0728. The predicted molar refractivity (Wildman–Crippen MR) is 87.6 cm³/mol. The van der Waals surface area contributed by atoms with E-state index in [9.17, 15) is 9.90 Å². The molecule has 0 bridgehead atoms. The van der Waals surface area contributed by atoms with E-state index in [1.54, 1.807) is 18.5 Å². The van der Waals surface area contributed by atoms with Gasteiger partial charge in [-0.2, -0.15) is 0 Å². The molecule has 3 rings (SSSR count). The Hall–Kier alpha value is -2.26. The van der Waals surface area contributed by atoms with Gasteiger partial charge in [0.15, 0.2) is 10.9 Å². The number of hydrogen-bond acceptors (Lipinski definition) is 6. The van der Waals surface area contributed by atoms with Crippen molar-refractivity contribution in [1.29, 1.82) is 0 Å². The van der Waals surface area contributed by atoms with Crippen molar-refractivity contribution in [2.45, 2.75) is 10.9 Å². The van der Waals surface area contributed by atoms with Crippen molar-refractivity contribution in [3.63, 3.8) is 0 Å². The van der Waals surface area contributed by atoms with Gasteiger partial charge in [0.05, 0.1) is 11.4 Å². The summed E-state index contributed by atoms with van der Waals surface area (Å²) >= 11 is 4.69. The fraction of sp³-hybridized carbons (Fsp3) is 0.0714. The van der Waals surface area contributed by atoms with Crippen LogP contribution in [0.3, 0.4) is 0 Å². The topological polar surface area (TPSA) is 93.8 Å². The Kier molecular flexibility index (Phi) is 4.68. The van der Waals surface area contributed by atoms with Crippen LogP contribution in [0.15, 0.2) is 52.4 Å². The molecule has 0 spiro atoms. The quantitative estimate of drug-likeness (QED) is 0.527. The Morgan fingerprint density at radius 3 is 2.57 bits per heavy atom. The van der Waals surface area contributed by atoms with Crippen molar-refractivity contribution in [2.75, 3.05) is 0 Å². The van der Waals surface area contributed by atoms with Gasteiger partial charge >= 0.3 is 5.97 Å². The van der Waals surface area contributed by atoms with Crippen LogP contribution in [0.25, 0.3) is 5.69 Å². The van der Waals surface area contributed by atoms with E-state index >= 15 is 0 Å². The third-order valence-corrected chi connectivity index (χ3v) is 4.33. The lowest BCUT2D eigenvalue weighted by Gasteiger charge is -2.06. The lowest BCUT2D eigenvalue weighted by Crippen LogP contribution is -2.06. The molecule has 0 aliphatic carbocycles. The molecular weight excluding hydrogens is 382 g/mol. The number of hydrogen-bond donors (Lipinski definition) is 1. The Labute approximate surface area is 143 Å². The summed E-state index contributed by atoms with van der Waals surface area (Å²) in [6, 6.07) is 9.10. The zero-order valence-corrected chi connectivity index (χ0v) is 14.0. The van der Waals surface area contributed by atoms with E-state index in [2.05, 4.69) is 36.2 Å². The van der Waals surface area contributed by atoms with Crippen LogP contribution in [0, 0.1) is 0 Å². The third kappa shape index (κ3) is 3.57. The Bertz CT molecular complexity index is 823. The van der Waals surface area contributed by atoms with Crippen molar-refractivity contribution in [3.8, 4) is 5.69 Å². The van der Waals surface area contributed by atoms with Gasteiger partial charge in [-0.1, -0.05) is 32.9 Å². The van der Waals surface area contributed by atoms with E-state index in [-0.39, 0.29) is 5.69 Å². The number of nitrogens with zero attached hydrogens (tertiary/aromatic N) is 5. The first kappa shape index (κ1) is 15.6. The maximum absolute atomic E-state index is 11.4. The Morgan fingerprint density at radius 2 is 1.91 bits per heavy atom. The van der Waals surface area contributed by atoms with Crippen LogP contribution in [-0.2, 0) is 5.75 Å². The van der Waals surface area contributed by atoms with Gasteiger partial charge in [-0.15, -0.1) is 5.10 Å². The molecule has 0 aliphatic heterocycles. The molecule has 1 N–H and O–H groups in total. The highest BCUT2D eigenvalue weighted by molar-refractivity contribution is 9.10. The van der Waals surface area contributed by atoms with Gasteiger partial charge in [0.2, 0.25) is 0 Å². The summed E-state index contributed by atoms with van der Waals surface area (Å²) in [5, 5.41) is 17.6. The standard InChI is InChI=1S/C14H10BrN5O2S/c15-9-2-4-10(5-3-9)20-11(12(13(21)22)18-19-20)8-23-14-16-6-1-7-17-14/h1-7H,8H2,(H,21,22). The number of carboxylic acids is 1. The van der Waals surface area contributed by atoms with E-state index in [0.717, 1.165) is 10.2 Å². The number of aromatic nitrogens is 5. The zero-order valence-electron chi connectivity index (χ0n) is 11.6. The van der Waals surface area contributed by atoms with Crippen LogP contribution >= 0.6 is 27.7 Å². The lowest BCUT2D eigenvalue weighted by molar-refractivity contribution is 0.0689. The second-order valence-corrected chi connectivity index (χ2v) is 6.26. The van der Waals surface area contributed by atoms with E-state index in [0.29, 0.717) is 16.6 Å². The second kappa shape index (κ2) is 6.88. The van der Waals surface area contributed by atoms with Gasteiger partial charge in [-0.05, 0) is 30.3 Å². The number of rotatable bonds is 5. The maximum atomic E-state index is 11.4. The molecule has 116 valence electrons. The summed E-state index contributed by atoms with van der Waals surface area (Å²) in [7, 11) is 0. The summed E-state index contributed by atoms with van der Waals surface area (Å²) in [5.74, 6) is -0.771. The molecule has 1 aromatic carbocycles.